The van der Waals surface area contributed by atoms with Gasteiger partial charge in [0.25, 0.3) is 0 Å². The van der Waals surface area contributed by atoms with E-state index < -0.39 is 0 Å². The van der Waals surface area contributed by atoms with Crippen LogP contribution < -0.4 is 5.32 Å². The predicted molar refractivity (Wildman–Crippen MR) is 73.3 cm³/mol. The van der Waals surface area contributed by atoms with Gasteiger partial charge < -0.3 is 0 Å². The molecule has 1 aliphatic carbocycles. The first-order valence-corrected chi connectivity index (χ1v) is 7.12. The first-order valence-electron chi connectivity index (χ1n) is 7.12. The van der Waals surface area contributed by atoms with Gasteiger partial charge in [-0.05, 0) is 33.6 Å². The van der Waals surface area contributed by atoms with Crippen LogP contribution in [0.15, 0.2) is 0 Å². The molecular formula is C14H26N4. The van der Waals surface area contributed by atoms with Gasteiger partial charge in [0.1, 0.15) is 6.04 Å². The van der Waals surface area contributed by atoms with Gasteiger partial charge >= 0.3 is 0 Å². The second-order valence-corrected chi connectivity index (χ2v) is 6.58. The topological polar surface area (TPSA) is 42.3 Å². The highest BCUT2D eigenvalue weighted by atomic mass is 15.3. The molecule has 4 heteroatoms. The molecule has 2 fully saturated rings. The van der Waals surface area contributed by atoms with Crippen molar-refractivity contribution < 1.29 is 0 Å². The SMILES string of the molecule is CC(C)(C)N1CCN(CC(C#N)NC2CC2)CC1. The van der Waals surface area contributed by atoms with Gasteiger partial charge in [-0.3, -0.25) is 15.1 Å². The monoisotopic (exact) mass is 250 g/mol. The molecule has 0 bridgehead atoms. The molecule has 1 saturated carbocycles. The van der Waals surface area contributed by atoms with Crippen molar-refractivity contribution in [1.82, 2.24) is 15.1 Å². The largest absolute Gasteiger partial charge is 0.298 e. The van der Waals surface area contributed by atoms with Gasteiger partial charge in [0.15, 0.2) is 0 Å². The van der Waals surface area contributed by atoms with E-state index in [1.807, 2.05) is 0 Å². The molecule has 102 valence electrons. The Balaban J connectivity index is 1.73. The summed E-state index contributed by atoms with van der Waals surface area (Å²) in [6.45, 7) is 12.1. The smallest absolute Gasteiger partial charge is 0.108 e. The lowest BCUT2D eigenvalue weighted by Gasteiger charge is -2.42. The molecule has 0 aromatic carbocycles. The summed E-state index contributed by atoms with van der Waals surface area (Å²) in [5, 5.41) is 12.6. The fraction of sp³-hybridized carbons (Fsp3) is 0.929. The molecule has 1 atom stereocenters. The summed E-state index contributed by atoms with van der Waals surface area (Å²) in [7, 11) is 0. The van der Waals surface area contributed by atoms with Crippen molar-refractivity contribution in [3.63, 3.8) is 0 Å². The van der Waals surface area contributed by atoms with E-state index in [9.17, 15) is 0 Å². The Hall–Kier alpha value is -0.630. The highest BCUT2D eigenvalue weighted by Gasteiger charge is 2.29. The van der Waals surface area contributed by atoms with Crippen molar-refractivity contribution in [3.8, 4) is 6.07 Å². The molecule has 0 radical (unpaired) electrons. The molecule has 18 heavy (non-hydrogen) atoms. The lowest BCUT2D eigenvalue weighted by molar-refractivity contribution is 0.0603. The molecule has 1 aliphatic heterocycles. The standard InChI is InChI=1S/C14H26N4/c1-14(2,3)18-8-6-17(7-9-18)11-13(10-15)16-12-4-5-12/h12-13,16H,4-9,11H2,1-3H3. The third-order valence-corrected chi connectivity index (χ3v) is 3.93. The van der Waals surface area contributed by atoms with E-state index in [0.29, 0.717) is 6.04 Å². The van der Waals surface area contributed by atoms with Crippen LogP contribution in [0.5, 0.6) is 0 Å². The average Bonchev–Trinajstić information content (AvgIpc) is 3.11. The van der Waals surface area contributed by atoms with Gasteiger partial charge in [-0.25, -0.2) is 0 Å². The molecule has 1 saturated heterocycles. The second kappa shape index (κ2) is 5.56. The van der Waals surface area contributed by atoms with Crippen LogP contribution in [0.4, 0.5) is 0 Å². The second-order valence-electron chi connectivity index (χ2n) is 6.58. The lowest BCUT2D eigenvalue weighted by atomic mass is 10.0. The maximum atomic E-state index is 9.17. The number of rotatable bonds is 4. The van der Waals surface area contributed by atoms with Crippen LogP contribution in [0.3, 0.4) is 0 Å². The first-order chi connectivity index (χ1) is 8.49. The lowest BCUT2D eigenvalue weighted by Crippen LogP contribution is -2.55. The van der Waals surface area contributed by atoms with E-state index >= 15 is 0 Å². The van der Waals surface area contributed by atoms with Gasteiger partial charge in [0, 0.05) is 44.3 Å². The number of nitrogens with one attached hydrogen (secondary N) is 1. The number of piperazine rings is 1. The quantitative estimate of drug-likeness (QED) is 0.810. The minimum atomic E-state index is 0.0127. The van der Waals surface area contributed by atoms with Gasteiger partial charge in [0.2, 0.25) is 0 Å². The molecular weight excluding hydrogens is 224 g/mol. The summed E-state index contributed by atoms with van der Waals surface area (Å²) in [5.74, 6) is 0. The summed E-state index contributed by atoms with van der Waals surface area (Å²) in [6, 6.07) is 3.02. The maximum absolute atomic E-state index is 9.17. The molecule has 4 nitrogen and oxygen atoms in total. The number of nitrogens with zero attached hydrogens (tertiary/aromatic N) is 3. The van der Waals surface area contributed by atoms with Crippen LogP contribution in [-0.4, -0.2) is 60.1 Å². The van der Waals surface area contributed by atoms with E-state index in [-0.39, 0.29) is 11.6 Å². The van der Waals surface area contributed by atoms with Crippen LogP contribution in [0.1, 0.15) is 33.6 Å². The Kier molecular flexibility index (Phi) is 4.26. The van der Waals surface area contributed by atoms with Crippen molar-refractivity contribution in [1.29, 1.82) is 5.26 Å². The van der Waals surface area contributed by atoms with Gasteiger partial charge in [-0.2, -0.15) is 5.26 Å². The Morgan fingerprint density at radius 1 is 1.22 bits per heavy atom. The number of nitriles is 1. The van der Waals surface area contributed by atoms with Crippen molar-refractivity contribution in [3.05, 3.63) is 0 Å². The highest BCUT2D eigenvalue weighted by Crippen LogP contribution is 2.20. The Morgan fingerprint density at radius 2 is 1.83 bits per heavy atom. The summed E-state index contributed by atoms with van der Waals surface area (Å²) in [4.78, 5) is 4.95. The van der Waals surface area contributed by atoms with Gasteiger partial charge in [0.05, 0.1) is 6.07 Å². The van der Waals surface area contributed by atoms with Gasteiger partial charge in [-0.15, -0.1) is 0 Å². The summed E-state index contributed by atoms with van der Waals surface area (Å²) in [6.07, 6.45) is 2.49. The first kappa shape index (κ1) is 13.8. The van der Waals surface area contributed by atoms with E-state index in [2.05, 4.69) is 42.0 Å². The van der Waals surface area contributed by atoms with E-state index in [0.717, 1.165) is 32.7 Å². The third-order valence-electron chi connectivity index (χ3n) is 3.93. The molecule has 0 spiro atoms. The number of hydrogen-bond donors (Lipinski definition) is 1. The third kappa shape index (κ3) is 3.94. The fourth-order valence-corrected chi connectivity index (χ4v) is 2.52. The average molecular weight is 250 g/mol. The maximum Gasteiger partial charge on any atom is 0.108 e. The number of hydrogen-bond acceptors (Lipinski definition) is 4. The fourth-order valence-electron chi connectivity index (χ4n) is 2.52. The molecule has 0 amide bonds. The Bertz CT molecular complexity index is 303. The molecule has 0 aromatic heterocycles. The van der Waals surface area contributed by atoms with Crippen molar-refractivity contribution in [2.45, 2.75) is 51.2 Å². The van der Waals surface area contributed by atoms with Crippen molar-refractivity contribution in [2.24, 2.45) is 0 Å². The van der Waals surface area contributed by atoms with Crippen LogP contribution in [0.25, 0.3) is 0 Å². The summed E-state index contributed by atoms with van der Waals surface area (Å²) < 4.78 is 0. The zero-order valence-electron chi connectivity index (χ0n) is 11.9. The zero-order valence-corrected chi connectivity index (χ0v) is 11.9. The van der Waals surface area contributed by atoms with Crippen LogP contribution >= 0.6 is 0 Å². The Labute approximate surface area is 111 Å². The molecule has 1 unspecified atom stereocenters. The van der Waals surface area contributed by atoms with Gasteiger partial charge in [-0.1, -0.05) is 0 Å². The van der Waals surface area contributed by atoms with Crippen LogP contribution in [-0.2, 0) is 0 Å². The van der Waals surface area contributed by atoms with E-state index in [4.69, 9.17) is 5.26 Å². The minimum absolute atomic E-state index is 0.0127. The predicted octanol–water partition coefficient (Wildman–Crippen LogP) is 1.05. The molecule has 2 aliphatic rings. The molecule has 1 heterocycles. The van der Waals surface area contributed by atoms with E-state index in [1.165, 1.54) is 12.8 Å². The molecule has 0 aromatic rings. The van der Waals surface area contributed by atoms with Crippen LogP contribution in [0.2, 0.25) is 0 Å². The van der Waals surface area contributed by atoms with Crippen LogP contribution in [0, 0.1) is 11.3 Å². The van der Waals surface area contributed by atoms with E-state index in [1.54, 1.807) is 0 Å². The summed E-state index contributed by atoms with van der Waals surface area (Å²) >= 11 is 0. The minimum Gasteiger partial charge on any atom is -0.298 e. The highest BCUT2D eigenvalue weighted by molar-refractivity contribution is 4.98. The molecule has 2 rings (SSSR count). The van der Waals surface area contributed by atoms with Crippen molar-refractivity contribution in [2.75, 3.05) is 32.7 Å². The Morgan fingerprint density at radius 3 is 2.28 bits per heavy atom. The van der Waals surface area contributed by atoms with Crippen molar-refractivity contribution >= 4 is 0 Å². The summed E-state index contributed by atoms with van der Waals surface area (Å²) in [5.41, 5.74) is 0.271. The normalized spacial score (nSPS) is 24.8. The zero-order chi connectivity index (χ0) is 13.2. The molecule has 1 N–H and O–H groups in total.